The van der Waals surface area contributed by atoms with Crippen LogP contribution in [0.25, 0.3) is 0 Å². The van der Waals surface area contributed by atoms with Crippen molar-refractivity contribution in [3.63, 3.8) is 0 Å². The number of aromatic nitrogens is 3. The van der Waals surface area contributed by atoms with E-state index >= 15 is 0 Å². The van der Waals surface area contributed by atoms with E-state index in [-0.39, 0.29) is 5.41 Å². The van der Waals surface area contributed by atoms with Gasteiger partial charge in [-0.05, 0) is 37.4 Å². The molecule has 0 N–H and O–H groups in total. The van der Waals surface area contributed by atoms with Crippen LogP contribution < -0.4 is 0 Å². The summed E-state index contributed by atoms with van der Waals surface area (Å²) in [5.41, 5.74) is 2.14. The van der Waals surface area contributed by atoms with Gasteiger partial charge in [-0.25, -0.2) is 0 Å². The van der Waals surface area contributed by atoms with Gasteiger partial charge in [0.25, 0.3) is 0 Å². The Balaban J connectivity index is 1.43. The third-order valence-corrected chi connectivity index (χ3v) is 5.52. The number of nitrogens with zero attached hydrogens (tertiary/aromatic N) is 5. The molecule has 0 bridgehead atoms. The Bertz CT molecular complexity index is 743. The van der Waals surface area contributed by atoms with Crippen molar-refractivity contribution in [3.8, 4) is 0 Å². The normalized spacial score (nSPS) is 24.4. The molecule has 1 atom stereocenters. The zero-order chi connectivity index (χ0) is 17.3. The highest BCUT2D eigenvalue weighted by Crippen LogP contribution is 2.40. The minimum Gasteiger partial charge on any atom is -0.338 e. The predicted octanol–water partition coefficient (Wildman–Crippen LogP) is 1.83. The van der Waals surface area contributed by atoms with Crippen molar-refractivity contribution in [2.24, 2.45) is 12.5 Å². The van der Waals surface area contributed by atoms with E-state index in [2.05, 4.69) is 21.2 Å². The molecule has 1 amide bonds. The molecule has 0 aromatic carbocycles. The van der Waals surface area contributed by atoms with Crippen LogP contribution >= 0.6 is 0 Å². The summed E-state index contributed by atoms with van der Waals surface area (Å²) in [6.45, 7) is 4.34. The van der Waals surface area contributed by atoms with Gasteiger partial charge in [0.1, 0.15) is 0 Å². The van der Waals surface area contributed by atoms with Crippen molar-refractivity contribution in [2.75, 3.05) is 19.6 Å². The molecule has 6 nitrogen and oxygen atoms in total. The van der Waals surface area contributed by atoms with E-state index in [9.17, 15) is 4.79 Å². The van der Waals surface area contributed by atoms with Crippen molar-refractivity contribution in [1.29, 1.82) is 0 Å². The monoisotopic (exact) mass is 339 g/mol. The van der Waals surface area contributed by atoms with Crippen molar-refractivity contribution in [3.05, 3.63) is 48.0 Å². The first kappa shape index (κ1) is 16.3. The van der Waals surface area contributed by atoms with Gasteiger partial charge in [0.2, 0.25) is 5.91 Å². The highest BCUT2D eigenvalue weighted by atomic mass is 16.2. The van der Waals surface area contributed by atoms with Gasteiger partial charge in [-0.15, -0.1) is 0 Å². The molecule has 2 aromatic rings. The van der Waals surface area contributed by atoms with E-state index in [1.165, 1.54) is 5.56 Å². The van der Waals surface area contributed by atoms with Crippen LogP contribution in [0.15, 0.2) is 36.9 Å². The highest BCUT2D eigenvalue weighted by molar-refractivity contribution is 5.85. The molecule has 2 saturated heterocycles. The number of carbonyl (C=O) groups excluding carboxylic acids is 1. The SMILES string of the molecule is Cn1cc(CN2CCC[C@@]3(CCN(Cc4cccnc4)C3=O)C2)cn1. The van der Waals surface area contributed by atoms with E-state index in [0.29, 0.717) is 12.5 Å². The summed E-state index contributed by atoms with van der Waals surface area (Å²) in [5.74, 6) is 0.326. The van der Waals surface area contributed by atoms with Gasteiger partial charge in [-0.2, -0.15) is 5.10 Å². The largest absolute Gasteiger partial charge is 0.338 e. The number of aryl methyl sites for hydroxylation is 1. The highest BCUT2D eigenvalue weighted by Gasteiger charge is 2.48. The lowest BCUT2D eigenvalue weighted by Crippen LogP contribution is -2.47. The summed E-state index contributed by atoms with van der Waals surface area (Å²) < 4.78 is 1.84. The fourth-order valence-electron chi connectivity index (χ4n) is 4.31. The van der Waals surface area contributed by atoms with Crippen LogP contribution in [-0.2, 0) is 24.9 Å². The summed E-state index contributed by atoms with van der Waals surface area (Å²) in [6, 6.07) is 3.97. The quantitative estimate of drug-likeness (QED) is 0.853. The summed E-state index contributed by atoms with van der Waals surface area (Å²) in [4.78, 5) is 21.8. The molecule has 4 rings (SSSR count). The van der Waals surface area contributed by atoms with Crippen molar-refractivity contribution >= 4 is 5.91 Å². The lowest BCUT2D eigenvalue weighted by molar-refractivity contribution is -0.139. The standard InChI is InChI=1S/C19H25N5O/c1-22-12-17(11-21-22)13-23-8-3-5-19(15-23)6-9-24(18(19)25)14-16-4-2-7-20-10-16/h2,4,7,10-12H,3,5-6,8-9,13-15H2,1H3/t19-/m1/s1. The Morgan fingerprint density at radius 1 is 1.16 bits per heavy atom. The number of rotatable bonds is 4. The second-order valence-electron chi connectivity index (χ2n) is 7.45. The maximum atomic E-state index is 13.2. The zero-order valence-corrected chi connectivity index (χ0v) is 14.8. The van der Waals surface area contributed by atoms with Gasteiger partial charge in [-0.1, -0.05) is 6.07 Å². The Kier molecular flexibility index (Phi) is 4.29. The van der Waals surface area contributed by atoms with Crippen LogP contribution in [0.5, 0.6) is 0 Å². The van der Waals surface area contributed by atoms with Crippen LogP contribution in [0.3, 0.4) is 0 Å². The average molecular weight is 339 g/mol. The molecule has 0 radical (unpaired) electrons. The summed E-state index contributed by atoms with van der Waals surface area (Å²) in [7, 11) is 1.94. The van der Waals surface area contributed by atoms with Crippen LogP contribution in [0, 0.1) is 5.41 Å². The number of piperidine rings is 1. The molecule has 1 spiro atoms. The molecule has 132 valence electrons. The Morgan fingerprint density at radius 3 is 2.84 bits per heavy atom. The van der Waals surface area contributed by atoms with Gasteiger partial charge >= 0.3 is 0 Å². The van der Waals surface area contributed by atoms with Crippen LogP contribution in [-0.4, -0.2) is 50.1 Å². The maximum Gasteiger partial charge on any atom is 0.230 e. The second-order valence-corrected chi connectivity index (χ2v) is 7.45. The molecule has 0 unspecified atom stereocenters. The number of hydrogen-bond acceptors (Lipinski definition) is 4. The molecule has 25 heavy (non-hydrogen) atoms. The molecule has 2 aliphatic heterocycles. The Hall–Kier alpha value is -2.21. The number of hydrogen-bond donors (Lipinski definition) is 0. The molecule has 0 aliphatic carbocycles. The lowest BCUT2D eigenvalue weighted by Gasteiger charge is -2.39. The van der Waals surface area contributed by atoms with Crippen molar-refractivity contribution in [1.82, 2.24) is 24.6 Å². The first-order valence-electron chi connectivity index (χ1n) is 9.03. The minimum atomic E-state index is -0.192. The van der Waals surface area contributed by atoms with Gasteiger partial charge in [0.15, 0.2) is 0 Å². The van der Waals surface area contributed by atoms with Gasteiger partial charge in [0.05, 0.1) is 11.6 Å². The lowest BCUT2D eigenvalue weighted by atomic mass is 9.78. The summed E-state index contributed by atoms with van der Waals surface area (Å²) in [6.07, 6.45) is 10.7. The fourth-order valence-corrected chi connectivity index (χ4v) is 4.31. The van der Waals surface area contributed by atoms with Crippen molar-refractivity contribution in [2.45, 2.75) is 32.4 Å². The number of pyridine rings is 1. The van der Waals surface area contributed by atoms with Crippen LogP contribution in [0.4, 0.5) is 0 Å². The molecule has 2 aromatic heterocycles. The first-order chi connectivity index (χ1) is 12.1. The molecule has 2 aliphatic rings. The topological polar surface area (TPSA) is 54.3 Å². The maximum absolute atomic E-state index is 13.2. The third-order valence-electron chi connectivity index (χ3n) is 5.52. The summed E-state index contributed by atoms with van der Waals surface area (Å²) in [5, 5.41) is 4.25. The van der Waals surface area contributed by atoms with Gasteiger partial charge < -0.3 is 4.90 Å². The molecular formula is C19H25N5O. The number of carbonyl (C=O) groups is 1. The average Bonchev–Trinajstić information content (AvgIpc) is 3.15. The van der Waals surface area contributed by atoms with Gasteiger partial charge in [0, 0.05) is 57.4 Å². The Morgan fingerprint density at radius 2 is 2.08 bits per heavy atom. The smallest absolute Gasteiger partial charge is 0.230 e. The fraction of sp³-hybridized carbons (Fsp3) is 0.526. The predicted molar refractivity (Wildman–Crippen MR) is 94.4 cm³/mol. The summed E-state index contributed by atoms with van der Waals surface area (Å²) >= 11 is 0. The molecular weight excluding hydrogens is 314 g/mol. The zero-order valence-electron chi connectivity index (χ0n) is 14.8. The molecule has 0 saturated carbocycles. The molecule has 4 heterocycles. The first-order valence-corrected chi connectivity index (χ1v) is 9.03. The van der Waals surface area contributed by atoms with Crippen LogP contribution in [0.2, 0.25) is 0 Å². The number of likely N-dealkylation sites (tertiary alicyclic amines) is 2. The minimum absolute atomic E-state index is 0.192. The number of amides is 1. The second kappa shape index (κ2) is 6.59. The molecule has 6 heteroatoms. The van der Waals surface area contributed by atoms with E-state index in [4.69, 9.17) is 0 Å². The van der Waals surface area contributed by atoms with E-state index < -0.39 is 0 Å². The van der Waals surface area contributed by atoms with Crippen LogP contribution in [0.1, 0.15) is 30.4 Å². The Labute approximate surface area is 148 Å². The molecule has 2 fully saturated rings. The van der Waals surface area contributed by atoms with E-state index in [1.807, 2.05) is 41.2 Å². The van der Waals surface area contributed by atoms with E-state index in [0.717, 1.165) is 51.0 Å². The van der Waals surface area contributed by atoms with Gasteiger partial charge in [-0.3, -0.25) is 19.4 Å². The van der Waals surface area contributed by atoms with Crippen molar-refractivity contribution < 1.29 is 4.79 Å². The third kappa shape index (κ3) is 3.31. The van der Waals surface area contributed by atoms with E-state index in [1.54, 1.807) is 6.20 Å².